The number of unbranched alkanes of at least 4 members (excludes halogenated alkanes) is 1. The minimum Gasteiger partial charge on any atom is -1.00 e. The maximum Gasteiger partial charge on any atom is 1.00 e. The van der Waals surface area contributed by atoms with Gasteiger partial charge < -0.3 is 11.6 Å². The van der Waals surface area contributed by atoms with E-state index >= 15 is 0 Å². The standard InChI is InChI=1S/C10H12N2O6.Na.H/c1-2-3-4-12-6(9(16)17)5(8(14)15)7(13)11-10(12)18;;/h2-4H2,1H3,(H,14,15)(H,16,17)(H,11,13,18);;/q;+1;-1. The molecule has 0 spiro atoms. The molecule has 0 unspecified atom stereocenters. The number of carboxylic acid groups (broad SMARTS) is 2. The van der Waals surface area contributed by atoms with Gasteiger partial charge in [0, 0.05) is 6.54 Å². The SMILES string of the molecule is CCCCn1c(C(=O)O)c(C(=O)O)c(=O)[nH]c1=O.[H-].[Na+]. The van der Waals surface area contributed by atoms with Gasteiger partial charge in [-0.2, -0.15) is 0 Å². The molecule has 9 heteroatoms. The van der Waals surface area contributed by atoms with Crippen molar-refractivity contribution in [2.75, 3.05) is 0 Å². The predicted octanol–water partition coefficient (Wildman–Crippen LogP) is -3.15. The van der Waals surface area contributed by atoms with Crippen LogP contribution in [0.1, 0.15) is 42.0 Å². The van der Waals surface area contributed by atoms with Crippen molar-refractivity contribution in [1.29, 1.82) is 0 Å². The third kappa shape index (κ3) is 3.79. The minimum absolute atomic E-state index is 0. The van der Waals surface area contributed by atoms with Crippen molar-refractivity contribution < 1.29 is 50.8 Å². The van der Waals surface area contributed by atoms with Crippen LogP contribution in [0, 0.1) is 0 Å². The summed E-state index contributed by atoms with van der Waals surface area (Å²) in [6, 6.07) is 0. The summed E-state index contributed by atoms with van der Waals surface area (Å²) >= 11 is 0. The maximum absolute atomic E-state index is 11.5. The van der Waals surface area contributed by atoms with Crippen molar-refractivity contribution in [3.05, 3.63) is 32.1 Å². The van der Waals surface area contributed by atoms with E-state index in [-0.39, 0.29) is 37.5 Å². The third-order valence-corrected chi connectivity index (χ3v) is 2.35. The molecule has 0 atom stereocenters. The average Bonchev–Trinajstić information content (AvgIpc) is 2.26. The van der Waals surface area contributed by atoms with Gasteiger partial charge in [-0.3, -0.25) is 14.3 Å². The number of aromatic carboxylic acids is 2. The van der Waals surface area contributed by atoms with Crippen LogP contribution in [0.25, 0.3) is 0 Å². The fourth-order valence-electron chi connectivity index (χ4n) is 1.52. The van der Waals surface area contributed by atoms with Gasteiger partial charge >= 0.3 is 47.2 Å². The summed E-state index contributed by atoms with van der Waals surface area (Å²) in [4.78, 5) is 46.5. The molecule has 100 valence electrons. The Bertz CT molecular complexity index is 609. The van der Waals surface area contributed by atoms with Crippen LogP contribution in [0.15, 0.2) is 9.59 Å². The van der Waals surface area contributed by atoms with Gasteiger partial charge in [0.1, 0.15) is 0 Å². The van der Waals surface area contributed by atoms with Crippen LogP contribution in [0.4, 0.5) is 0 Å². The number of hydrogen-bond donors (Lipinski definition) is 3. The zero-order chi connectivity index (χ0) is 13.9. The first-order valence-electron chi connectivity index (χ1n) is 5.23. The molecule has 1 heterocycles. The number of carboxylic acids is 2. The van der Waals surface area contributed by atoms with Gasteiger partial charge in [0.15, 0.2) is 11.3 Å². The molecule has 0 fully saturated rings. The number of carbonyl (C=O) groups is 2. The number of aromatic amines is 1. The molecule has 0 amide bonds. The van der Waals surface area contributed by atoms with E-state index in [4.69, 9.17) is 10.2 Å². The molecule has 3 N–H and O–H groups in total. The molecule has 8 nitrogen and oxygen atoms in total. The second-order valence-electron chi connectivity index (χ2n) is 3.60. The van der Waals surface area contributed by atoms with Crippen molar-refractivity contribution in [1.82, 2.24) is 9.55 Å². The van der Waals surface area contributed by atoms with Crippen molar-refractivity contribution in [2.45, 2.75) is 26.3 Å². The Hall–Kier alpha value is -1.38. The van der Waals surface area contributed by atoms with Crippen LogP contribution in [0.5, 0.6) is 0 Å². The zero-order valence-electron chi connectivity index (χ0n) is 11.6. The Morgan fingerprint density at radius 1 is 1.26 bits per heavy atom. The van der Waals surface area contributed by atoms with E-state index in [1.165, 1.54) is 0 Å². The number of rotatable bonds is 5. The molecule has 1 rings (SSSR count). The van der Waals surface area contributed by atoms with E-state index in [1.807, 2.05) is 6.92 Å². The van der Waals surface area contributed by atoms with Crippen molar-refractivity contribution in [2.24, 2.45) is 0 Å². The van der Waals surface area contributed by atoms with Crippen LogP contribution >= 0.6 is 0 Å². The van der Waals surface area contributed by atoms with Crippen molar-refractivity contribution in [3.8, 4) is 0 Å². The number of H-pyrrole nitrogens is 1. The van der Waals surface area contributed by atoms with Gasteiger partial charge in [0.25, 0.3) is 5.56 Å². The first-order valence-corrected chi connectivity index (χ1v) is 5.23. The second-order valence-corrected chi connectivity index (χ2v) is 3.60. The van der Waals surface area contributed by atoms with Crippen LogP contribution in [-0.2, 0) is 6.54 Å². The Labute approximate surface area is 130 Å². The molecular formula is C10H13N2NaO6. The summed E-state index contributed by atoms with van der Waals surface area (Å²) in [6.07, 6.45) is 1.18. The molecular weight excluding hydrogens is 267 g/mol. The van der Waals surface area contributed by atoms with Gasteiger partial charge in [0.2, 0.25) is 0 Å². The Kier molecular flexibility index (Phi) is 6.74. The van der Waals surface area contributed by atoms with E-state index in [0.717, 1.165) is 4.57 Å². The number of nitrogens with zero attached hydrogens (tertiary/aromatic N) is 1. The predicted molar refractivity (Wildman–Crippen MR) is 61.3 cm³/mol. The summed E-state index contributed by atoms with van der Waals surface area (Å²) in [5, 5.41) is 17.8. The first kappa shape index (κ1) is 17.6. The maximum atomic E-state index is 11.5. The Balaban J connectivity index is 0. The summed E-state index contributed by atoms with van der Waals surface area (Å²) in [5.74, 6) is -3.30. The Morgan fingerprint density at radius 2 is 1.84 bits per heavy atom. The van der Waals surface area contributed by atoms with Crippen LogP contribution in [-0.4, -0.2) is 31.7 Å². The van der Waals surface area contributed by atoms with Crippen LogP contribution < -0.4 is 40.8 Å². The molecule has 0 aliphatic heterocycles. The molecule has 0 aromatic carbocycles. The van der Waals surface area contributed by atoms with Gasteiger partial charge in [0.05, 0.1) is 0 Å². The summed E-state index contributed by atoms with van der Waals surface area (Å²) in [6.45, 7) is 1.86. The van der Waals surface area contributed by atoms with Gasteiger partial charge in [-0.05, 0) is 6.42 Å². The average molecular weight is 280 g/mol. The molecule has 0 saturated heterocycles. The number of hydrogen-bond acceptors (Lipinski definition) is 4. The monoisotopic (exact) mass is 280 g/mol. The van der Waals surface area contributed by atoms with Gasteiger partial charge in [-0.1, -0.05) is 13.3 Å². The summed E-state index contributed by atoms with van der Waals surface area (Å²) < 4.78 is 0.761. The summed E-state index contributed by atoms with van der Waals surface area (Å²) in [5.41, 5.74) is -3.85. The largest absolute Gasteiger partial charge is 1.00 e. The molecule has 0 saturated carbocycles. The number of aromatic nitrogens is 2. The number of nitrogens with one attached hydrogen (secondary N) is 1. The van der Waals surface area contributed by atoms with Gasteiger partial charge in [-0.25, -0.2) is 14.4 Å². The molecule has 19 heavy (non-hydrogen) atoms. The first-order chi connectivity index (χ1) is 8.40. The van der Waals surface area contributed by atoms with Crippen LogP contribution in [0.3, 0.4) is 0 Å². The fraction of sp³-hybridized carbons (Fsp3) is 0.400. The van der Waals surface area contributed by atoms with E-state index in [0.29, 0.717) is 12.8 Å². The molecule has 0 radical (unpaired) electrons. The van der Waals surface area contributed by atoms with Crippen LogP contribution in [0.2, 0.25) is 0 Å². The molecule has 1 aromatic heterocycles. The third-order valence-electron chi connectivity index (χ3n) is 2.35. The molecule has 0 aliphatic carbocycles. The van der Waals surface area contributed by atoms with E-state index in [2.05, 4.69) is 0 Å². The van der Waals surface area contributed by atoms with Gasteiger partial charge in [-0.15, -0.1) is 0 Å². The second kappa shape index (κ2) is 7.27. The quantitative estimate of drug-likeness (QED) is 0.488. The van der Waals surface area contributed by atoms with Crippen molar-refractivity contribution >= 4 is 11.9 Å². The topological polar surface area (TPSA) is 129 Å². The van der Waals surface area contributed by atoms with E-state index in [9.17, 15) is 19.2 Å². The smallest absolute Gasteiger partial charge is 1.00 e. The molecule has 1 aromatic rings. The zero-order valence-corrected chi connectivity index (χ0v) is 12.6. The summed E-state index contributed by atoms with van der Waals surface area (Å²) in [7, 11) is 0. The Morgan fingerprint density at radius 3 is 2.26 bits per heavy atom. The normalized spacial score (nSPS) is 9.74. The van der Waals surface area contributed by atoms with E-state index in [1.54, 1.807) is 4.98 Å². The molecule has 0 aliphatic rings. The van der Waals surface area contributed by atoms with Crippen molar-refractivity contribution in [3.63, 3.8) is 0 Å². The minimum atomic E-state index is -1.68. The van der Waals surface area contributed by atoms with E-state index < -0.39 is 34.4 Å². The fourth-order valence-corrected chi connectivity index (χ4v) is 1.52. The molecule has 0 bridgehead atoms.